The molecule has 0 radical (unpaired) electrons. The smallest absolute Gasteiger partial charge is 0.277 e. The summed E-state index contributed by atoms with van der Waals surface area (Å²) in [5.74, 6) is 0.326. The quantitative estimate of drug-likeness (QED) is 0.376. The summed E-state index contributed by atoms with van der Waals surface area (Å²) in [5, 5.41) is 6.31. The molecule has 0 aliphatic rings. The van der Waals surface area contributed by atoms with Crippen LogP contribution in [0.3, 0.4) is 0 Å². The van der Waals surface area contributed by atoms with E-state index in [1.54, 1.807) is 6.21 Å². The first-order chi connectivity index (χ1) is 14.3. The molecule has 29 heavy (non-hydrogen) atoms. The monoisotopic (exact) mass is 380 g/mol. The van der Waals surface area contributed by atoms with Gasteiger partial charge in [0, 0.05) is 0 Å². The lowest BCUT2D eigenvalue weighted by Crippen LogP contribution is -2.24. The fourth-order valence-electron chi connectivity index (χ4n) is 3.02. The molecule has 4 rings (SSSR count). The Kier molecular flexibility index (Phi) is 5.63. The van der Waals surface area contributed by atoms with Crippen molar-refractivity contribution in [3.8, 4) is 16.9 Å². The van der Waals surface area contributed by atoms with Crippen LogP contribution in [0.4, 0.5) is 0 Å². The van der Waals surface area contributed by atoms with Gasteiger partial charge in [-0.15, -0.1) is 0 Å². The summed E-state index contributed by atoms with van der Waals surface area (Å²) in [7, 11) is 0. The van der Waals surface area contributed by atoms with Crippen molar-refractivity contribution in [2.75, 3.05) is 6.61 Å². The minimum absolute atomic E-state index is 0.0975. The number of nitrogens with zero attached hydrogens (tertiary/aromatic N) is 1. The molecule has 0 aliphatic carbocycles. The number of ether oxygens (including phenoxy) is 1. The lowest BCUT2D eigenvalue weighted by atomic mass is 10.1. The summed E-state index contributed by atoms with van der Waals surface area (Å²) in [6, 6.07) is 31.9. The number of hydrogen-bond donors (Lipinski definition) is 1. The van der Waals surface area contributed by atoms with Crippen molar-refractivity contribution in [2.45, 2.75) is 0 Å². The molecule has 0 aromatic heterocycles. The summed E-state index contributed by atoms with van der Waals surface area (Å²) in [5.41, 5.74) is 5.65. The highest BCUT2D eigenvalue weighted by Crippen LogP contribution is 2.22. The number of benzene rings is 4. The van der Waals surface area contributed by atoms with Gasteiger partial charge >= 0.3 is 0 Å². The van der Waals surface area contributed by atoms with Crippen molar-refractivity contribution in [1.82, 2.24) is 5.43 Å². The second-order valence-corrected chi connectivity index (χ2v) is 6.58. The van der Waals surface area contributed by atoms with Gasteiger partial charge in [-0.1, -0.05) is 78.9 Å². The van der Waals surface area contributed by atoms with Crippen LogP contribution in [-0.4, -0.2) is 18.7 Å². The van der Waals surface area contributed by atoms with Crippen LogP contribution >= 0.6 is 0 Å². The van der Waals surface area contributed by atoms with E-state index in [2.05, 4.69) is 28.7 Å². The van der Waals surface area contributed by atoms with Crippen LogP contribution in [0.5, 0.6) is 5.75 Å². The van der Waals surface area contributed by atoms with Gasteiger partial charge in [0.1, 0.15) is 5.75 Å². The van der Waals surface area contributed by atoms with Crippen molar-refractivity contribution >= 4 is 22.9 Å². The predicted octanol–water partition coefficient (Wildman–Crippen LogP) is 5.04. The molecule has 142 valence electrons. The van der Waals surface area contributed by atoms with Crippen molar-refractivity contribution in [3.63, 3.8) is 0 Å². The second-order valence-electron chi connectivity index (χ2n) is 6.58. The van der Waals surface area contributed by atoms with E-state index in [9.17, 15) is 4.79 Å². The maximum atomic E-state index is 12.0. The number of amides is 1. The van der Waals surface area contributed by atoms with Gasteiger partial charge in [-0.2, -0.15) is 5.10 Å². The second kappa shape index (κ2) is 8.85. The van der Waals surface area contributed by atoms with E-state index in [-0.39, 0.29) is 12.5 Å². The molecule has 4 nitrogen and oxygen atoms in total. The Morgan fingerprint density at radius 3 is 2.28 bits per heavy atom. The fraction of sp³-hybridized carbons (Fsp3) is 0.0400. The van der Waals surface area contributed by atoms with Crippen LogP contribution in [0, 0.1) is 0 Å². The zero-order valence-electron chi connectivity index (χ0n) is 15.8. The normalized spacial score (nSPS) is 10.9. The molecular formula is C25H20N2O2. The van der Waals surface area contributed by atoms with Crippen molar-refractivity contribution in [1.29, 1.82) is 0 Å². The van der Waals surface area contributed by atoms with E-state index in [0.29, 0.717) is 5.75 Å². The van der Waals surface area contributed by atoms with Crippen LogP contribution in [0.15, 0.2) is 102 Å². The average Bonchev–Trinajstić information content (AvgIpc) is 2.78. The zero-order valence-corrected chi connectivity index (χ0v) is 15.8. The molecule has 4 aromatic carbocycles. The number of carbonyl (C=O) groups excluding carboxylic acids is 1. The molecule has 1 N–H and O–H groups in total. The lowest BCUT2D eigenvalue weighted by molar-refractivity contribution is -0.123. The fourth-order valence-corrected chi connectivity index (χ4v) is 3.02. The topological polar surface area (TPSA) is 50.7 Å². The third-order valence-electron chi connectivity index (χ3n) is 4.51. The summed E-state index contributed by atoms with van der Waals surface area (Å²) < 4.78 is 5.53. The van der Waals surface area contributed by atoms with Crippen LogP contribution in [0.1, 0.15) is 5.56 Å². The van der Waals surface area contributed by atoms with Crippen LogP contribution in [-0.2, 0) is 4.79 Å². The molecule has 0 aliphatic heterocycles. The van der Waals surface area contributed by atoms with E-state index >= 15 is 0 Å². The highest BCUT2D eigenvalue weighted by Gasteiger charge is 2.02. The standard InChI is InChI=1S/C25H20N2O2/c28-25(27-26-17-19-10-11-21-8-4-5-9-23(21)16-19)18-29-24-14-12-22(13-15-24)20-6-2-1-3-7-20/h1-17H,18H2,(H,27,28). The van der Waals surface area contributed by atoms with Gasteiger partial charge in [0.25, 0.3) is 5.91 Å². The SMILES string of the molecule is O=C(COc1ccc(-c2ccccc2)cc1)NN=Cc1ccc2ccccc2c1. The predicted molar refractivity (Wildman–Crippen MR) is 117 cm³/mol. The number of nitrogens with one attached hydrogen (secondary N) is 1. The molecule has 0 saturated heterocycles. The molecule has 0 saturated carbocycles. The minimum Gasteiger partial charge on any atom is -0.484 e. The minimum atomic E-state index is -0.311. The summed E-state index contributed by atoms with van der Waals surface area (Å²) in [6.45, 7) is -0.0975. The van der Waals surface area contributed by atoms with Gasteiger partial charge in [-0.25, -0.2) is 5.43 Å². The Hall–Kier alpha value is -3.92. The van der Waals surface area contributed by atoms with Gasteiger partial charge in [0.15, 0.2) is 6.61 Å². The summed E-state index contributed by atoms with van der Waals surface area (Å²) in [4.78, 5) is 12.0. The molecule has 0 heterocycles. The molecule has 4 heteroatoms. The highest BCUT2D eigenvalue weighted by molar-refractivity contribution is 5.90. The van der Waals surface area contributed by atoms with E-state index in [1.165, 1.54) is 5.39 Å². The number of carbonyl (C=O) groups is 1. The first-order valence-corrected chi connectivity index (χ1v) is 9.37. The van der Waals surface area contributed by atoms with Gasteiger partial charge in [0.05, 0.1) is 6.21 Å². The first-order valence-electron chi connectivity index (χ1n) is 9.37. The van der Waals surface area contributed by atoms with E-state index in [1.807, 2.05) is 78.9 Å². The first kappa shape index (κ1) is 18.4. The molecule has 0 atom stereocenters. The molecule has 0 fully saturated rings. The van der Waals surface area contributed by atoms with Crippen molar-refractivity contribution in [3.05, 3.63) is 103 Å². The summed E-state index contributed by atoms with van der Waals surface area (Å²) >= 11 is 0. The molecule has 0 unspecified atom stereocenters. The van der Waals surface area contributed by atoms with Gasteiger partial charge in [-0.05, 0) is 45.7 Å². The van der Waals surface area contributed by atoms with Crippen LogP contribution < -0.4 is 10.2 Å². The number of hydrogen-bond acceptors (Lipinski definition) is 3. The Morgan fingerprint density at radius 1 is 0.793 bits per heavy atom. The van der Waals surface area contributed by atoms with Crippen LogP contribution in [0.25, 0.3) is 21.9 Å². The number of fused-ring (bicyclic) bond motifs is 1. The van der Waals surface area contributed by atoms with Crippen molar-refractivity contribution in [2.24, 2.45) is 5.10 Å². The van der Waals surface area contributed by atoms with Crippen molar-refractivity contribution < 1.29 is 9.53 Å². The molecule has 1 amide bonds. The molecule has 0 spiro atoms. The van der Waals surface area contributed by atoms with Gasteiger partial charge in [-0.3, -0.25) is 4.79 Å². The van der Waals surface area contributed by atoms with Crippen LogP contribution in [0.2, 0.25) is 0 Å². The Balaban J connectivity index is 1.29. The zero-order chi connectivity index (χ0) is 19.9. The Bertz CT molecular complexity index is 1140. The van der Waals surface area contributed by atoms with E-state index in [0.717, 1.165) is 22.1 Å². The van der Waals surface area contributed by atoms with E-state index < -0.39 is 0 Å². The average molecular weight is 380 g/mol. The maximum absolute atomic E-state index is 12.0. The highest BCUT2D eigenvalue weighted by atomic mass is 16.5. The summed E-state index contributed by atoms with van der Waals surface area (Å²) in [6.07, 6.45) is 1.62. The van der Waals surface area contributed by atoms with E-state index in [4.69, 9.17) is 4.74 Å². The molecule has 0 bridgehead atoms. The maximum Gasteiger partial charge on any atom is 0.277 e. The molecular weight excluding hydrogens is 360 g/mol. The van der Waals surface area contributed by atoms with Gasteiger partial charge in [0.2, 0.25) is 0 Å². The van der Waals surface area contributed by atoms with Gasteiger partial charge < -0.3 is 4.74 Å². The largest absolute Gasteiger partial charge is 0.484 e. The number of rotatable bonds is 6. The number of hydrazone groups is 1. The Morgan fingerprint density at radius 2 is 1.48 bits per heavy atom. The third kappa shape index (κ3) is 4.87. The Labute approximate surface area is 169 Å². The molecule has 4 aromatic rings. The third-order valence-corrected chi connectivity index (χ3v) is 4.51. The lowest BCUT2D eigenvalue weighted by Gasteiger charge is -2.06.